The fourth-order valence-corrected chi connectivity index (χ4v) is 1.39. The number of nitrogens with zero attached hydrogens (tertiary/aromatic N) is 1. The zero-order valence-electron chi connectivity index (χ0n) is 10.8. The van der Waals surface area contributed by atoms with Gasteiger partial charge in [0, 0.05) is 17.8 Å². The lowest BCUT2D eigenvalue weighted by molar-refractivity contribution is -0.870. The number of hydrogen-bond donors (Lipinski definition) is 2. The van der Waals surface area contributed by atoms with E-state index in [4.69, 9.17) is 4.84 Å². The molecule has 103 valence electrons. The van der Waals surface area contributed by atoms with Crippen molar-refractivity contribution in [3.8, 4) is 0 Å². The third-order valence-electron chi connectivity index (χ3n) is 2.34. The zero-order chi connectivity index (χ0) is 14.1. The van der Waals surface area contributed by atoms with Gasteiger partial charge in [-0.2, -0.15) is 0 Å². The topological polar surface area (TPSA) is 101 Å². The summed E-state index contributed by atoms with van der Waals surface area (Å²) in [7, 11) is 0. The Kier molecular flexibility index (Phi) is 6.31. The second-order valence-electron chi connectivity index (χ2n) is 3.93. The highest BCUT2D eigenvalue weighted by atomic mass is 16.7. The summed E-state index contributed by atoms with van der Waals surface area (Å²) in [6, 6.07) is 6.16. The van der Waals surface area contributed by atoms with E-state index >= 15 is 0 Å². The molecule has 0 heterocycles. The standard InChI is InChI=1S/C12H17N3O4/c1-2-3-12(16)19-14-9-8-13-10-4-6-11(7-5-10)15(17)18/h4-7,13-14H,2-3,8-9H2,1H3/q+1/p+1. The van der Waals surface area contributed by atoms with Gasteiger partial charge in [0.25, 0.3) is 5.69 Å². The molecule has 7 heteroatoms. The normalized spacial score (nSPS) is 9.95. The van der Waals surface area contributed by atoms with Crippen LogP contribution in [0.4, 0.5) is 11.4 Å². The number of nitro groups is 1. The molecule has 19 heavy (non-hydrogen) atoms. The Morgan fingerprint density at radius 2 is 2.16 bits per heavy atom. The van der Waals surface area contributed by atoms with Crippen molar-refractivity contribution in [1.82, 2.24) is 0 Å². The van der Waals surface area contributed by atoms with E-state index in [1.807, 2.05) is 6.92 Å². The summed E-state index contributed by atoms with van der Waals surface area (Å²) < 4.78 is 0. The molecule has 0 aliphatic heterocycles. The highest BCUT2D eigenvalue weighted by Crippen LogP contribution is 2.14. The molecule has 0 aromatic heterocycles. The van der Waals surface area contributed by atoms with E-state index < -0.39 is 4.92 Å². The smallest absolute Gasteiger partial charge is 0.379 e. The Labute approximate surface area is 111 Å². The molecule has 1 aromatic carbocycles. The van der Waals surface area contributed by atoms with E-state index in [1.54, 1.807) is 12.1 Å². The number of nitrogens with one attached hydrogen (secondary N) is 1. The maximum atomic E-state index is 11.0. The van der Waals surface area contributed by atoms with Gasteiger partial charge in [-0.3, -0.25) is 10.1 Å². The Morgan fingerprint density at radius 3 is 2.74 bits per heavy atom. The molecular weight excluding hydrogens is 250 g/mol. The summed E-state index contributed by atoms with van der Waals surface area (Å²) in [5, 5.41) is 13.5. The van der Waals surface area contributed by atoms with Gasteiger partial charge in [0.05, 0.1) is 16.3 Å². The number of rotatable bonds is 8. The number of carbonyl (C=O) groups is 1. The van der Waals surface area contributed by atoms with Crippen molar-refractivity contribution in [1.29, 1.82) is 0 Å². The van der Waals surface area contributed by atoms with Crippen molar-refractivity contribution in [2.45, 2.75) is 19.8 Å². The number of nitrogens with two attached hydrogens (primary N) is 1. The maximum absolute atomic E-state index is 11.0. The maximum Gasteiger partial charge on any atom is 0.638 e. The molecule has 0 aliphatic rings. The monoisotopic (exact) mass is 268 g/mol. The minimum absolute atomic E-state index is 0.0607. The van der Waals surface area contributed by atoms with E-state index in [0.29, 0.717) is 19.5 Å². The molecule has 1 aromatic rings. The summed E-state index contributed by atoms with van der Waals surface area (Å²) in [5.41, 5.74) is 2.32. The van der Waals surface area contributed by atoms with Crippen LogP contribution >= 0.6 is 0 Å². The number of benzene rings is 1. The first-order valence-electron chi connectivity index (χ1n) is 6.13. The first kappa shape index (κ1) is 14.9. The van der Waals surface area contributed by atoms with Crippen LogP contribution < -0.4 is 10.8 Å². The molecule has 3 N–H and O–H groups in total. The van der Waals surface area contributed by atoms with Crippen molar-refractivity contribution in [3.05, 3.63) is 34.4 Å². The Hall–Kier alpha value is -2.15. The molecule has 1 radical (unpaired) electrons. The van der Waals surface area contributed by atoms with Crippen LogP contribution in [-0.4, -0.2) is 24.0 Å². The van der Waals surface area contributed by atoms with Crippen LogP contribution in [-0.2, 0) is 9.63 Å². The third-order valence-corrected chi connectivity index (χ3v) is 2.34. The van der Waals surface area contributed by atoms with Crippen molar-refractivity contribution in [2.75, 3.05) is 18.4 Å². The molecule has 1 rings (SSSR count). The molecule has 0 amide bonds. The van der Waals surface area contributed by atoms with Gasteiger partial charge in [-0.15, -0.1) is 0 Å². The number of non-ortho nitro benzene ring substituents is 1. The number of carbonyl (C=O) groups excluding carboxylic acids is 1. The minimum Gasteiger partial charge on any atom is -0.379 e. The molecule has 0 aliphatic carbocycles. The van der Waals surface area contributed by atoms with Crippen LogP contribution in [0.1, 0.15) is 19.8 Å². The van der Waals surface area contributed by atoms with Gasteiger partial charge < -0.3 is 5.32 Å². The van der Waals surface area contributed by atoms with E-state index in [-0.39, 0.29) is 11.7 Å². The van der Waals surface area contributed by atoms with Gasteiger partial charge >= 0.3 is 5.97 Å². The summed E-state index contributed by atoms with van der Waals surface area (Å²) in [5.74, 6) is -0.224. The summed E-state index contributed by atoms with van der Waals surface area (Å²) in [6.07, 6.45) is 1.19. The quantitative estimate of drug-likeness (QED) is 0.315. The predicted octanol–water partition coefficient (Wildman–Crippen LogP) is 0.828. The largest absolute Gasteiger partial charge is 0.638 e. The molecule has 0 bridgehead atoms. The van der Waals surface area contributed by atoms with E-state index in [2.05, 4.69) is 5.32 Å². The highest BCUT2D eigenvalue weighted by Gasteiger charge is 2.18. The van der Waals surface area contributed by atoms with Crippen LogP contribution in [0.15, 0.2) is 24.3 Å². The molecule has 0 atom stereocenters. The first-order valence-corrected chi connectivity index (χ1v) is 6.13. The van der Waals surface area contributed by atoms with Crippen molar-refractivity contribution < 1.29 is 20.0 Å². The second-order valence-corrected chi connectivity index (χ2v) is 3.93. The van der Waals surface area contributed by atoms with Gasteiger partial charge in [-0.25, -0.2) is 0 Å². The van der Waals surface area contributed by atoms with Gasteiger partial charge in [0.15, 0.2) is 0 Å². The third kappa shape index (κ3) is 5.82. The number of nitro benzene ring substituents is 1. The Bertz CT molecular complexity index is 419. The summed E-state index contributed by atoms with van der Waals surface area (Å²) in [6.45, 7) is 3.08. The van der Waals surface area contributed by atoms with Crippen molar-refractivity contribution in [3.63, 3.8) is 0 Å². The minimum atomic E-state index is -0.440. The molecule has 0 fully saturated rings. The zero-order valence-corrected chi connectivity index (χ0v) is 10.8. The fraction of sp³-hybridized carbons (Fsp3) is 0.417. The predicted molar refractivity (Wildman–Crippen MR) is 69.4 cm³/mol. The van der Waals surface area contributed by atoms with Gasteiger partial charge in [0.2, 0.25) is 0 Å². The van der Waals surface area contributed by atoms with E-state index in [0.717, 1.165) is 12.1 Å². The van der Waals surface area contributed by atoms with Crippen LogP contribution in [0, 0.1) is 10.1 Å². The molecule has 7 nitrogen and oxygen atoms in total. The average Bonchev–Trinajstić information content (AvgIpc) is 2.39. The number of anilines is 1. The van der Waals surface area contributed by atoms with Crippen LogP contribution in [0.25, 0.3) is 0 Å². The molecular formula is C12H18N3O4+2. The summed E-state index contributed by atoms with van der Waals surface area (Å²) >= 11 is 0. The first-order chi connectivity index (χ1) is 9.13. The van der Waals surface area contributed by atoms with Gasteiger partial charge in [-0.1, -0.05) is 17.2 Å². The Balaban J connectivity index is 2.19. The number of quaternary nitrogens is 1. The number of hydroxylamine groups is 1. The lowest BCUT2D eigenvalue weighted by Gasteiger charge is -2.02. The lowest BCUT2D eigenvalue weighted by Crippen LogP contribution is -2.85. The number of hydrogen-bond acceptors (Lipinski definition) is 5. The summed E-state index contributed by atoms with van der Waals surface area (Å²) in [4.78, 5) is 25.9. The molecule has 0 saturated carbocycles. The molecule has 0 spiro atoms. The SMILES string of the molecule is CCCC(=[O+])O[NH2+]CCNc1ccc([N+](=O)[O-])cc1. The Morgan fingerprint density at radius 1 is 1.47 bits per heavy atom. The van der Waals surface area contributed by atoms with Gasteiger partial charge in [-0.05, 0) is 18.6 Å². The van der Waals surface area contributed by atoms with Gasteiger partial charge in [0.1, 0.15) is 13.0 Å². The highest BCUT2D eigenvalue weighted by molar-refractivity contribution is 5.68. The fourth-order valence-electron chi connectivity index (χ4n) is 1.39. The van der Waals surface area contributed by atoms with Crippen molar-refractivity contribution in [2.24, 2.45) is 0 Å². The average molecular weight is 268 g/mol. The van der Waals surface area contributed by atoms with E-state index in [9.17, 15) is 14.9 Å². The van der Waals surface area contributed by atoms with E-state index in [1.165, 1.54) is 17.6 Å². The molecule has 0 saturated heterocycles. The van der Waals surface area contributed by atoms with Crippen LogP contribution in [0.2, 0.25) is 0 Å². The van der Waals surface area contributed by atoms with Crippen LogP contribution in [0.5, 0.6) is 0 Å². The molecule has 0 unspecified atom stereocenters. The van der Waals surface area contributed by atoms with Crippen molar-refractivity contribution >= 4 is 17.3 Å². The lowest BCUT2D eigenvalue weighted by atomic mass is 10.3. The second kappa shape index (κ2) is 8.04. The van der Waals surface area contributed by atoms with Crippen LogP contribution in [0.3, 0.4) is 0 Å².